The molecule has 1 aliphatic rings. The zero-order chi connectivity index (χ0) is 22.4. The number of hydrogen-bond acceptors (Lipinski definition) is 5. The summed E-state index contributed by atoms with van der Waals surface area (Å²) < 4.78 is 16.3. The van der Waals surface area contributed by atoms with Gasteiger partial charge in [0, 0.05) is 18.2 Å². The van der Waals surface area contributed by atoms with Crippen LogP contribution in [0.15, 0.2) is 42.5 Å². The SMILES string of the molecule is COc1cc(NC(=O)COc2ccccc2)c(C(=O)N2[C@@H](C)CCC[C@@H]2C)cc1OC. The minimum absolute atomic E-state index is 0.120. The summed E-state index contributed by atoms with van der Waals surface area (Å²) in [6, 6.07) is 12.6. The Labute approximate surface area is 183 Å². The molecule has 1 N–H and O–H groups in total. The molecular weight excluding hydrogens is 396 g/mol. The fourth-order valence-electron chi connectivity index (χ4n) is 3.97. The third-order valence-corrected chi connectivity index (χ3v) is 5.57. The van der Waals surface area contributed by atoms with Crippen LogP contribution in [0.4, 0.5) is 5.69 Å². The summed E-state index contributed by atoms with van der Waals surface area (Å²) in [5.74, 6) is 0.946. The predicted molar refractivity (Wildman–Crippen MR) is 119 cm³/mol. The first-order valence-corrected chi connectivity index (χ1v) is 10.5. The number of piperidine rings is 1. The molecule has 7 heteroatoms. The van der Waals surface area contributed by atoms with E-state index in [0.717, 1.165) is 19.3 Å². The Morgan fingerprint density at radius 2 is 1.61 bits per heavy atom. The molecule has 0 saturated carbocycles. The number of amides is 2. The molecule has 0 radical (unpaired) electrons. The van der Waals surface area contributed by atoms with E-state index in [1.165, 1.54) is 14.2 Å². The smallest absolute Gasteiger partial charge is 0.262 e. The average Bonchev–Trinajstić information content (AvgIpc) is 2.77. The highest BCUT2D eigenvalue weighted by molar-refractivity contribution is 6.05. The zero-order valence-corrected chi connectivity index (χ0v) is 18.5. The molecule has 0 aliphatic carbocycles. The first-order chi connectivity index (χ1) is 14.9. The summed E-state index contributed by atoms with van der Waals surface area (Å²) in [5.41, 5.74) is 0.737. The molecule has 1 heterocycles. The van der Waals surface area contributed by atoms with Gasteiger partial charge in [0.25, 0.3) is 11.8 Å². The van der Waals surface area contributed by atoms with E-state index in [9.17, 15) is 9.59 Å². The van der Waals surface area contributed by atoms with Gasteiger partial charge in [-0.2, -0.15) is 0 Å². The number of carbonyl (C=O) groups excluding carboxylic acids is 2. The first-order valence-electron chi connectivity index (χ1n) is 10.5. The van der Waals surface area contributed by atoms with E-state index in [1.54, 1.807) is 24.3 Å². The van der Waals surface area contributed by atoms with Gasteiger partial charge in [-0.1, -0.05) is 18.2 Å². The van der Waals surface area contributed by atoms with Crippen LogP contribution in [-0.2, 0) is 4.79 Å². The molecule has 0 unspecified atom stereocenters. The van der Waals surface area contributed by atoms with Crippen molar-refractivity contribution in [3.05, 3.63) is 48.0 Å². The molecule has 0 bridgehead atoms. The predicted octanol–water partition coefficient (Wildman–Crippen LogP) is 4.12. The van der Waals surface area contributed by atoms with Gasteiger partial charge in [0.1, 0.15) is 5.75 Å². The molecule has 0 spiro atoms. The number of methoxy groups -OCH3 is 2. The maximum atomic E-state index is 13.5. The Balaban J connectivity index is 1.87. The van der Waals surface area contributed by atoms with Crippen LogP contribution < -0.4 is 19.5 Å². The van der Waals surface area contributed by atoms with E-state index < -0.39 is 0 Å². The van der Waals surface area contributed by atoms with Crippen LogP contribution in [0.25, 0.3) is 0 Å². The van der Waals surface area contributed by atoms with Gasteiger partial charge in [0.05, 0.1) is 25.5 Å². The lowest BCUT2D eigenvalue weighted by Gasteiger charge is -2.39. The lowest BCUT2D eigenvalue weighted by atomic mass is 9.96. The van der Waals surface area contributed by atoms with E-state index in [1.807, 2.05) is 23.1 Å². The van der Waals surface area contributed by atoms with Crippen LogP contribution in [0.1, 0.15) is 43.5 Å². The third kappa shape index (κ3) is 5.29. The van der Waals surface area contributed by atoms with Crippen LogP contribution >= 0.6 is 0 Å². The first kappa shape index (κ1) is 22.5. The molecule has 2 atom stereocenters. The molecule has 31 heavy (non-hydrogen) atoms. The summed E-state index contributed by atoms with van der Waals surface area (Å²) in [5, 5.41) is 2.81. The van der Waals surface area contributed by atoms with Gasteiger partial charge in [-0.25, -0.2) is 0 Å². The van der Waals surface area contributed by atoms with Gasteiger partial charge >= 0.3 is 0 Å². The fourth-order valence-corrected chi connectivity index (χ4v) is 3.97. The van der Waals surface area contributed by atoms with Crippen LogP contribution in [0, 0.1) is 0 Å². The molecular formula is C24H30N2O5. The number of nitrogens with one attached hydrogen (secondary N) is 1. The Hall–Kier alpha value is -3.22. The average molecular weight is 427 g/mol. The lowest BCUT2D eigenvalue weighted by Crippen LogP contribution is -2.47. The molecule has 2 aromatic rings. The molecule has 2 aromatic carbocycles. The van der Waals surface area contributed by atoms with Crippen molar-refractivity contribution in [2.75, 3.05) is 26.1 Å². The Morgan fingerprint density at radius 3 is 2.23 bits per heavy atom. The summed E-state index contributed by atoms with van der Waals surface area (Å²) in [4.78, 5) is 28.0. The monoisotopic (exact) mass is 426 g/mol. The van der Waals surface area contributed by atoms with Crippen LogP contribution in [0.2, 0.25) is 0 Å². The van der Waals surface area contributed by atoms with Gasteiger partial charge in [-0.05, 0) is 51.3 Å². The molecule has 166 valence electrons. The van der Waals surface area contributed by atoms with E-state index in [0.29, 0.717) is 28.5 Å². The minimum Gasteiger partial charge on any atom is -0.493 e. The third-order valence-electron chi connectivity index (χ3n) is 5.57. The number of ether oxygens (including phenoxy) is 3. The molecule has 1 saturated heterocycles. The number of hydrogen-bond donors (Lipinski definition) is 1. The highest BCUT2D eigenvalue weighted by Gasteiger charge is 2.32. The molecule has 3 rings (SSSR count). The van der Waals surface area contributed by atoms with Crippen molar-refractivity contribution in [3.63, 3.8) is 0 Å². The number of para-hydroxylation sites is 1. The Kier molecular flexibility index (Phi) is 7.39. The van der Waals surface area contributed by atoms with Crippen molar-refractivity contribution in [1.82, 2.24) is 4.90 Å². The standard InChI is InChI=1S/C24H30N2O5/c1-16-9-8-10-17(2)26(16)24(28)19-13-21(29-3)22(30-4)14-20(19)25-23(27)15-31-18-11-6-5-7-12-18/h5-7,11-14,16-17H,8-10,15H2,1-4H3,(H,25,27)/t16-,17-/m0/s1. The number of nitrogens with zero attached hydrogens (tertiary/aromatic N) is 1. The molecule has 0 aromatic heterocycles. The Bertz CT molecular complexity index is 906. The number of carbonyl (C=O) groups is 2. The highest BCUT2D eigenvalue weighted by Crippen LogP contribution is 2.35. The summed E-state index contributed by atoms with van der Waals surface area (Å²) in [7, 11) is 3.03. The maximum Gasteiger partial charge on any atom is 0.262 e. The molecule has 1 fully saturated rings. The van der Waals surface area contributed by atoms with Crippen molar-refractivity contribution >= 4 is 17.5 Å². The van der Waals surface area contributed by atoms with Crippen molar-refractivity contribution in [1.29, 1.82) is 0 Å². The number of likely N-dealkylation sites (tertiary alicyclic amines) is 1. The minimum atomic E-state index is -0.370. The molecule has 1 aliphatic heterocycles. The molecule has 7 nitrogen and oxygen atoms in total. The topological polar surface area (TPSA) is 77.1 Å². The summed E-state index contributed by atoms with van der Waals surface area (Å²) in [6.07, 6.45) is 3.00. The second kappa shape index (κ2) is 10.2. The summed E-state index contributed by atoms with van der Waals surface area (Å²) in [6.45, 7) is 3.93. The second-order valence-corrected chi connectivity index (χ2v) is 7.74. The normalized spacial score (nSPS) is 18.3. The van der Waals surface area contributed by atoms with Gasteiger partial charge < -0.3 is 24.4 Å². The lowest BCUT2D eigenvalue weighted by molar-refractivity contribution is -0.118. The van der Waals surface area contributed by atoms with Crippen molar-refractivity contribution in [2.45, 2.75) is 45.2 Å². The van der Waals surface area contributed by atoms with E-state index in [-0.39, 0.29) is 30.5 Å². The van der Waals surface area contributed by atoms with Crippen molar-refractivity contribution < 1.29 is 23.8 Å². The van der Waals surface area contributed by atoms with Crippen molar-refractivity contribution in [2.24, 2.45) is 0 Å². The van der Waals surface area contributed by atoms with E-state index >= 15 is 0 Å². The van der Waals surface area contributed by atoms with Crippen LogP contribution in [0.3, 0.4) is 0 Å². The Morgan fingerprint density at radius 1 is 1.00 bits per heavy atom. The second-order valence-electron chi connectivity index (χ2n) is 7.74. The van der Waals surface area contributed by atoms with Crippen molar-refractivity contribution in [3.8, 4) is 17.2 Å². The number of rotatable bonds is 7. The van der Waals surface area contributed by atoms with Gasteiger partial charge in [0.2, 0.25) is 0 Å². The number of benzene rings is 2. The largest absolute Gasteiger partial charge is 0.493 e. The summed E-state index contributed by atoms with van der Waals surface area (Å²) >= 11 is 0. The van der Waals surface area contributed by atoms with Gasteiger partial charge in [-0.15, -0.1) is 0 Å². The zero-order valence-electron chi connectivity index (χ0n) is 18.5. The van der Waals surface area contributed by atoms with Gasteiger partial charge in [-0.3, -0.25) is 9.59 Å². The fraction of sp³-hybridized carbons (Fsp3) is 0.417. The molecule has 2 amide bonds. The maximum absolute atomic E-state index is 13.5. The van der Waals surface area contributed by atoms with E-state index in [4.69, 9.17) is 14.2 Å². The number of anilines is 1. The van der Waals surface area contributed by atoms with E-state index in [2.05, 4.69) is 19.2 Å². The quantitative estimate of drug-likeness (QED) is 0.721. The highest BCUT2D eigenvalue weighted by atomic mass is 16.5. The van der Waals surface area contributed by atoms with Crippen LogP contribution in [0.5, 0.6) is 17.2 Å². The van der Waals surface area contributed by atoms with Crippen LogP contribution in [-0.4, -0.2) is 49.6 Å². The van der Waals surface area contributed by atoms with Gasteiger partial charge in [0.15, 0.2) is 18.1 Å².